The summed E-state index contributed by atoms with van der Waals surface area (Å²) in [6.45, 7) is 0.556. The van der Waals surface area contributed by atoms with Crippen LogP contribution in [-0.2, 0) is 6.42 Å². The lowest BCUT2D eigenvalue weighted by atomic mass is 10.2. The molecule has 110 valence electrons. The van der Waals surface area contributed by atoms with Gasteiger partial charge in [0.1, 0.15) is 16.4 Å². The number of carbonyl (C=O) groups excluding carboxylic acids is 1. The molecule has 3 heterocycles. The fourth-order valence-corrected chi connectivity index (χ4v) is 2.63. The van der Waals surface area contributed by atoms with Crippen LogP contribution in [0.5, 0.6) is 0 Å². The Hall–Kier alpha value is -2.67. The van der Waals surface area contributed by atoms with E-state index in [0.717, 1.165) is 12.0 Å². The van der Waals surface area contributed by atoms with Crippen LogP contribution in [0.1, 0.15) is 16.1 Å². The van der Waals surface area contributed by atoms with Crippen LogP contribution in [0.3, 0.4) is 0 Å². The van der Waals surface area contributed by atoms with Gasteiger partial charge in [-0.25, -0.2) is 4.98 Å². The van der Waals surface area contributed by atoms with E-state index in [1.807, 2.05) is 12.1 Å². The molecule has 0 fully saturated rings. The number of nitrogens with one attached hydrogen (secondary N) is 1. The van der Waals surface area contributed by atoms with E-state index in [2.05, 4.69) is 25.3 Å². The molecular weight excluding hydrogens is 298 g/mol. The number of carbonyl (C=O) groups is 1. The van der Waals surface area contributed by atoms with E-state index in [-0.39, 0.29) is 5.91 Å². The van der Waals surface area contributed by atoms with Crippen molar-refractivity contribution in [3.8, 4) is 10.7 Å². The maximum atomic E-state index is 12.1. The van der Waals surface area contributed by atoms with Crippen molar-refractivity contribution in [2.45, 2.75) is 6.42 Å². The van der Waals surface area contributed by atoms with Gasteiger partial charge in [0.2, 0.25) is 0 Å². The van der Waals surface area contributed by atoms with Gasteiger partial charge in [0.25, 0.3) is 5.91 Å². The summed E-state index contributed by atoms with van der Waals surface area (Å²) in [5, 5.41) is 5.28. The van der Waals surface area contributed by atoms with Crippen LogP contribution in [0, 0.1) is 0 Å². The molecule has 0 aliphatic rings. The lowest BCUT2D eigenvalue weighted by molar-refractivity contribution is 0.0950. The number of aromatic nitrogens is 4. The maximum Gasteiger partial charge on any atom is 0.270 e. The van der Waals surface area contributed by atoms with Gasteiger partial charge in [-0.1, -0.05) is 0 Å². The quantitative estimate of drug-likeness (QED) is 0.779. The zero-order chi connectivity index (χ0) is 15.2. The van der Waals surface area contributed by atoms with E-state index in [1.54, 1.807) is 36.4 Å². The van der Waals surface area contributed by atoms with E-state index >= 15 is 0 Å². The van der Waals surface area contributed by atoms with Crippen LogP contribution in [0.4, 0.5) is 0 Å². The molecule has 3 aromatic rings. The molecule has 0 saturated carbocycles. The van der Waals surface area contributed by atoms with Crippen LogP contribution in [0.15, 0.2) is 48.5 Å². The summed E-state index contributed by atoms with van der Waals surface area (Å²) in [7, 11) is 0. The minimum atomic E-state index is -0.180. The average Bonchev–Trinajstić information content (AvgIpc) is 3.07. The maximum absolute atomic E-state index is 12.1. The summed E-state index contributed by atoms with van der Waals surface area (Å²) in [6, 6.07) is 3.86. The van der Waals surface area contributed by atoms with Crippen LogP contribution < -0.4 is 5.32 Å². The molecule has 0 unspecified atom stereocenters. The van der Waals surface area contributed by atoms with E-state index in [1.165, 1.54) is 11.3 Å². The second-order valence-electron chi connectivity index (χ2n) is 4.49. The number of pyridine rings is 1. The van der Waals surface area contributed by atoms with Crippen molar-refractivity contribution < 1.29 is 4.79 Å². The Morgan fingerprint density at radius 1 is 1.14 bits per heavy atom. The summed E-state index contributed by atoms with van der Waals surface area (Å²) >= 11 is 1.38. The lowest BCUT2D eigenvalue weighted by Crippen LogP contribution is -2.25. The van der Waals surface area contributed by atoms with Gasteiger partial charge in [-0.2, -0.15) is 0 Å². The minimum absolute atomic E-state index is 0.180. The van der Waals surface area contributed by atoms with Crippen molar-refractivity contribution in [3.05, 3.63) is 59.8 Å². The van der Waals surface area contributed by atoms with Gasteiger partial charge in [0, 0.05) is 36.7 Å². The normalized spacial score (nSPS) is 10.4. The summed E-state index contributed by atoms with van der Waals surface area (Å²) in [4.78, 5) is 28.5. The van der Waals surface area contributed by atoms with E-state index < -0.39 is 0 Å². The number of nitrogens with zero attached hydrogens (tertiary/aromatic N) is 4. The SMILES string of the molecule is O=C(NCCc1ccncc1)c1csc(-c2cnccn2)n1. The predicted molar refractivity (Wildman–Crippen MR) is 83.4 cm³/mol. The Balaban J connectivity index is 1.58. The van der Waals surface area contributed by atoms with Crippen molar-refractivity contribution in [1.29, 1.82) is 0 Å². The first kappa shape index (κ1) is 14.3. The monoisotopic (exact) mass is 311 g/mol. The molecule has 7 heteroatoms. The van der Waals surface area contributed by atoms with Crippen molar-refractivity contribution in [3.63, 3.8) is 0 Å². The third-order valence-corrected chi connectivity index (χ3v) is 3.83. The first-order valence-corrected chi connectivity index (χ1v) is 7.60. The second kappa shape index (κ2) is 6.86. The standard InChI is InChI=1S/C15H13N5OS/c21-14(19-6-3-11-1-4-16-5-2-11)13-10-22-15(20-13)12-9-17-7-8-18-12/h1-2,4-5,7-10H,3,6H2,(H,19,21). The number of amides is 1. The third-order valence-electron chi connectivity index (χ3n) is 2.97. The molecule has 22 heavy (non-hydrogen) atoms. The Bertz CT molecular complexity index is 745. The van der Waals surface area contributed by atoms with E-state index in [4.69, 9.17) is 0 Å². The highest BCUT2D eigenvalue weighted by molar-refractivity contribution is 7.13. The zero-order valence-corrected chi connectivity index (χ0v) is 12.5. The Morgan fingerprint density at radius 2 is 2.00 bits per heavy atom. The van der Waals surface area contributed by atoms with Crippen molar-refractivity contribution >= 4 is 17.2 Å². The first-order valence-electron chi connectivity index (χ1n) is 6.72. The second-order valence-corrected chi connectivity index (χ2v) is 5.35. The van der Waals surface area contributed by atoms with Gasteiger partial charge in [0.05, 0.1) is 6.20 Å². The van der Waals surface area contributed by atoms with Gasteiger partial charge in [-0.15, -0.1) is 11.3 Å². The number of hydrogen-bond donors (Lipinski definition) is 1. The Kier molecular flexibility index (Phi) is 4.45. The van der Waals surface area contributed by atoms with Crippen molar-refractivity contribution in [2.75, 3.05) is 6.54 Å². The molecule has 3 aromatic heterocycles. The van der Waals surface area contributed by atoms with Gasteiger partial charge < -0.3 is 5.32 Å². The van der Waals surface area contributed by atoms with Crippen molar-refractivity contribution in [2.24, 2.45) is 0 Å². The Labute approximate surface area is 131 Å². The zero-order valence-electron chi connectivity index (χ0n) is 11.6. The molecule has 0 aliphatic carbocycles. The minimum Gasteiger partial charge on any atom is -0.350 e. The first-order chi connectivity index (χ1) is 10.8. The predicted octanol–water partition coefficient (Wildman–Crippen LogP) is 1.97. The van der Waals surface area contributed by atoms with Crippen molar-refractivity contribution in [1.82, 2.24) is 25.3 Å². The molecule has 0 aromatic carbocycles. The van der Waals surface area contributed by atoms with E-state index in [9.17, 15) is 4.79 Å². The average molecular weight is 311 g/mol. The van der Waals surface area contributed by atoms with Crippen LogP contribution in [0.2, 0.25) is 0 Å². The largest absolute Gasteiger partial charge is 0.350 e. The number of thiazole rings is 1. The topological polar surface area (TPSA) is 80.7 Å². The molecule has 0 saturated heterocycles. The molecule has 0 bridgehead atoms. The molecule has 0 aliphatic heterocycles. The van der Waals surface area contributed by atoms with Gasteiger partial charge in [-0.3, -0.25) is 19.7 Å². The molecule has 0 atom stereocenters. The molecule has 3 rings (SSSR count). The van der Waals surface area contributed by atoms with Crippen LogP contribution in [0.25, 0.3) is 10.7 Å². The van der Waals surface area contributed by atoms with Gasteiger partial charge >= 0.3 is 0 Å². The molecule has 1 amide bonds. The smallest absolute Gasteiger partial charge is 0.270 e. The molecule has 6 nitrogen and oxygen atoms in total. The molecule has 0 radical (unpaired) electrons. The summed E-state index contributed by atoms with van der Waals surface area (Å²) in [5.74, 6) is -0.180. The summed E-state index contributed by atoms with van der Waals surface area (Å²) in [5.41, 5.74) is 2.21. The van der Waals surface area contributed by atoms with E-state index in [0.29, 0.717) is 22.9 Å². The van der Waals surface area contributed by atoms with Crippen LogP contribution in [-0.4, -0.2) is 32.4 Å². The molecule has 1 N–H and O–H groups in total. The lowest BCUT2D eigenvalue weighted by Gasteiger charge is -2.03. The van der Waals surface area contributed by atoms with Crippen LogP contribution >= 0.6 is 11.3 Å². The molecule has 0 spiro atoms. The third kappa shape index (κ3) is 3.50. The number of rotatable bonds is 5. The number of hydrogen-bond acceptors (Lipinski definition) is 6. The summed E-state index contributed by atoms with van der Waals surface area (Å²) in [6.07, 6.45) is 9.07. The summed E-state index contributed by atoms with van der Waals surface area (Å²) < 4.78 is 0. The molecular formula is C15H13N5OS. The highest BCUT2D eigenvalue weighted by Crippen LogP contribution is 2.20. The fraction of sp³-hybridized carbons (Fsp3) is 0.133. The van der Waals surface area contributed by atoms with Gasteiger partial charge in [0.15, 0.2) is 0 Å². The Morgan fingerprint density at radius 3 is 2.77 bits per heavy atom. The highest BCUT2D eigenvalue weighted by Gasteiger charge is 2.12. The highest BCUT2D eigenvalue weighted by atomic mass is 32.1. The van der Waals surface area contributed by atoms with Gasteiger partial charge in [-0.05, 0) is 24.1 Å². The fourth-order valence-electron chi connectivity index (χ4n) is 1.87.